The summed E-state index contributed by atoms with van der Waals surface area (Å²) in [6.45, 7) is 4.79. The van der Waals surface area contributed by atoms with E-state index in [9.17, 15) is 19.5 Å². The van der Waals surface area contributed by atoms with Gasteiger partial charge in [0.2, 0.25) is 0 Å². The summed E-state index contributed by atoms with van der Waals surface area (Å²) >= 11 is 0. The summed E-state index contributed by atoms with van der Waals surface area (Å²) in [5, 5.41) is 9.64. The van der Waals surface area contributed by atoms with E-state index >= 15 is 0 Å². The second-order valence-electron chi connectivity index (χ2n) is 18.4. The Morgan fingerprint density at radius 3 is 1.07 bits per heavy atom. The highest BCUT2D eigenvalue weighted by atomic mass is 16.6. The first kappa shape index (κ1) is 56.3. The van der Waals surface area contributed by atoms with Gasteiger partial charge in [-0.1, -0.05) is 219 Å². The number of carboxylic acids is 1. The van der Waals surface area contributed by atoms with Crippen LogP contribution in [0.3, 0.4) is 0 Å². The highest BCUT2D eigenvalue weighted by molar-refractivity contribution is 5.72. The summed E-state index contributed by atoms with van der Waals surface area (Å²) in [6, 6.07) is -0.608. The Bertz CT molecular complexity index is 920. The summed E-state index contributed by atoms with van der Waals surface area (Å²) < 4.78 is 17.4. The number of hydrogen-bond acceptors (Lipinski definition) is 6. The summed E-state index contributed by atoms with van der Waals surface area (Å²) in [4.78, 5) is 37.1. The van der Waals surface area contributed by atoms with Gasteiger partial charge in [-0.05, 0) is 12.8 Å². The predicted octanol–water partition coefficient (Wildman–Crippen LogP) is 14.1. The standard InChI is InChI=1S/C50H97NO7/c1-6-8-10-12-14-16-18-20-22-23-24-25-27-29-31-33-35-37-39-41-49(53)58-46(44-56-43-42-47(50(54)55)51(3,4)5)45-57-48(52)40-38-36-34-32-30-28-26-21-19-17-15-13-11-9-7-2/h46-47H,6-45H2,1-5H3/p+1. The van der Waals surface area contributed by atoms with E-state index in [0.717, 1.165) is 38.5 Å². The molecule has 0 bridgehead atoms. The van der Waals surface area contributed by atoms with Gasteiger partial charge in [-0.2, -0.15) is 0 Å². The molecule has 0 aromatic heterocycles. The van der Waals surface area contributed by atoms with Crippen molar-refractivity contribution < 1.29 is 38.2 Å². The van der Waals surface area contributed by atoms with E-state index in [1.165, 1.54) is 180 Å². The highest BCUT2D eigenvalue weighted by Crippen LogP contribution is 2.17. The number of quaternary nitrogens is 1. The quantitative estimate of drug-likeness (QED) is 0.0371. The molecule has 8 heteroatoms. The minimum atomic E-state index is -0.869. The van der Waals surface area contributed by atoms with E-state index in [-0.39, 0.29) is 36.2 Å². The van der Waals surface area contributed by atoms with Gasteiger partial charge in [-0.3, -0.25) is 9.59 Å². The molecule has 0 spiro atoms. The second-order valence-corrected chi connectivity index (χ2v) is 18.4. The van der Waals surface area contributed by atoms with Crippen LogP contribution in [0.4, 0.5) is 0 Å². The first-order chi connectivity index (χ1) is 28.1. The fourth-order valence-corrected chi connectivity index (χ4v) is 7.86. The fraction of sp³-hybridized carbons (Fsp3) is 0.940. The maximum Gasteiger partial charge on any atom is 0.362 e. The number of unbranched alkanes of at least 4 members (excludes halogenated alkanes) is 32. The predicted molar refractivity (Wildman–Crippen MR) is 243 cm³/mol. The maximum absolute atomic E-state index is 12.8. The number of aliphatic carboxylic acids is 1. The molecule has 1 N–H and O–H groups in total. The number of carbonyl (C=O) groups is 3. The number of likely N-dealkylation sites (N-methyl/N-ethyl adjacent to an activating group) is 1. The molecule has 8 nitrogen and oxygen atoms in total. The molecule has 0 saturated carbocycles. The summed E-state index contributed by atoms with van der Waals surface area (Å²) in [7, 11) is 5.55. The van der Waals surface area contributed by atoms with E-state index < -0.39 is 18.1 Å². The number of carbonyl (C=O) groups excluding carboxylic acids is 2. The van der Waals surface area contributed by atoms with Crippen LogP contribution in [0.15, 0.2) is 0 Å². The molecule has 0 aliphatic rings. The average molecular weight is 825 g/mol. The van der Waals surface area contributed by atoms with E-state index in [1.807, 2.05) is 21.1 Å². The van der Waals surface area contributed by atoms with E-state index in [1.54, 1.807) is 0 Å². The van der Waals surface area contributed by atoms with Crippen molar-refractivity contribution in [1.29, 1.82) is 0 Å². The van der Waals surface area contributed by atoms with Gasteiger partial charge in [0, 0.05) is 19.3 Å². The van der Waals surface area contributed by atoms with Crippen molar-refractivity contribution in [3.8, 4) is 0 Å². The Labute approximate surface area is 359 Å². The lowest BCUT2D eigenvalue weighted by atomic mass is 10.0. The van der Waals surface area contributed by atoms with Gasteiger partial charge in [0.05, 0.1) is 34.4 Å². The normalized spacial score (nSPS) is 12.8. The van der Waals surface area contributed by atoms with Crippen molar-refractivity contribution >= 4 is 17.9 Å². The van der Waals surface area contributed by atoms with Crippen molar-refractivity contribution in [2.45, 2.75) is 264 Å². The van der Waals surface area contributed by atoms with Gasteiger partial charge in [-0.25, -0.2) is 4.79 Å². The van der Waals surface area contributed by atoms with Crippen LogP contribution in [-0.2, 0) is 28.6 Å². The van der Waals surface area contributed by atoms with Gasteiger partial charge in [0.25, 0.3) is 0 Å². The third-order valence-electron chi connectivity index (χ3n) is 11.8. The summed E-state index contributed by atoms with van der Waals surface area (Å²) in [5.41, 5.74) is 0. The van der Waals surface area contributed by atoms with E-state index in [0.29, 0.717) is 19.3 Å². The largest absolute Gasteiger partial charge is 0.477 e. The monoisotopic (exact) mass is 825 g/mol. The zero-order valence-corrected chi connectivity index (χ0v) is 39.3. The third kappa shape index (κ3) is 39.8. The first-order valence-electron chi connectivity index (χ1n) is 25.1. The molecule has 0 radical (unpaired) electrons. The van der Waals surface area contributed by atoms with Crippen molar-refractivity contribution in [2.24, 2.45) is 0 Å². The molecule has 58 heavy (non-hydrogen) atoms. The lowest BCUT2D eigenvalue weighted by Gasteiger charge is -2.31. The van der Waals surface area contributed by atoms with Crippen LogP contribution >= 0.6 is 0 Å². The molecule has 0 heterocycles. The number of carboxylic acid groups (broad SMARTS) is 1. The van der Waals surface area contributed by atoms with Crippen LogP contribution in [0.5, 0.6) is 0 Å². The van der Waals surface area contributed by atoms with Crippen LogP contribution in [-0.4, -0.2) is 80.6 Å². The first-order valence-corrected chi connectivity index (χ1v) is 25.1. The Hall–Kier alpha value is -1.67. The second kappa shape index (κ2) is 42.0. The minimum Gasteiger partial charge on any atom is -0.477 e. The summed E-state index contributed by atoms with van der Waals surface area (Å²) in [6.07, 6.45) is 44.3. The molecule has 0 aliphatic carbocycles. The molecular weight excluding hydrogens is 727 g/mol. The topological polar surface area (TPSA) is 99.1 Å². The number of rotatable bonds is 46. The van der Waals surface area contributed by atoms with Crippen molar-refractivity contribution in [1.82, 2.24) is 0 Å². The number of hydrogen-bond donors (Lipinski definition) is 1. The smallest absolute Gasteiger partial charge is 0.362 e. The molecule has 2 unspecified atom stereocenters. The Kier molecular flexibility index (Phi) is 40.8. The molecule has 0 aliphatic heterocycles. The Morgan fingerprint density at radius 1 is 0.448 bits per heavy atom. The fourth-order valence-electron chi connectivity index (χ4n) is 7.86. The lowest BCUT2D eigenvalue weighted by Crippen LogP contribution is -2.50. The van der Waals surface area contributed by atoms with Gasteiger partial charge in [-0.15, -0.1) is 0 Å². The van der Waals surface area contributed by atoms with Crippen LogP contribution in [0.2, 0.25) is 0 Å². The molecule has 0 rings (SSSR count). The molecule has 0 aromatic rings. The number of esters is 2. The van der Waals surface area contributed by atoms with Crippen LogP contribution in [0.1, 0.15) is 251 Å². The van der Waals surface area contributed by atoms with Crippen LogP contribution < -0.4 is 0 Å². The Balaban J connectivity index is 4.20. The zero-order valence-electron chi connectivity index (χ0n) is 39.3. The van der Waals surface area contributed by atoms with E-state index in [4.69, 9.17) is 14.2 Å². The SMILES string of the molecule is CCCCCCCCCCCCCCCCCCCCCC(=O)OC(COCCC(C(=O)O)[N+](C)(C)C)COC(=O)CCCCCCCCCCCCCCCCC. The van der Waals surface area contributed by atoms with Crippen molar-refractivity contribution in [3.05, 3.63) is 0 Å². The Morgan fingerprint density at radius 2 is 0.759 bits per heavy atom. The molecule has 0 aromatic carbocycles. The van der Waals surface area contributed by atoms with Crippen LogP contribution in [0.25, 0.3) is 0 Å². The van der Waals surface area contributed by atoms with Crippen LogP contribution in [0, 0.1) is 0 Å². The van der Waals surface area contributed by atoms with Gasteiger partial charge in [0.15, 0.2) is 12.1 Å². The number of ether oxygens (including phenoxy) is 3. The minimum absolute atomic E-state index is 0.0415. The average Bonchev–Trinajstić information content (AvgIpc) is 3.18. The lowest BCUT2D eigenvalue weighted by molar-refractivity contribution is -0.887. The zero-order chi connectivity index (χ0) is 42.8. The van der Waals surface area contributed by atoms with E-state index in [2.05, 4.69) is 13.8 Å². The molecule has 0 amide bonds. The maximum atomic E-state index is 12.8. The highest BCUT2D eigenvalue weighted by Gasteiger charge is 2.31. The molecule has 0 fully saturated rings. The van der Waals surface area contributed by atoms with Gasteiger partial charge < -0.3 is 23.8 Å². The number of nitrogens with zero attached hydrogens (tertiary/aromatic N) is 1. The molecule has 0 saturated heterocycles. The third-order valence-corrected chi connectivity index (χ3v) is 11.8. The van der Waals surface area contributed by atoms with Gasteiger partial charge in [0.1, 0.15) is 6.61 Å². The van der Waals surface area contributed by atoms with Crippen molar-refractivity contribution in [2.75, 3.05) is 41.0 Å². The molecular formula is C50H98NO7+. The molecule has 344 valence electrons. The summed E-state index contributed by atoms with van der Waals surface area (Å²) in [5.74, 6) is -1.44. The van der Waals surface area contributed by atoms with Gasteiger partial charge >= 0.3 is 17.9 Å². The van der Waals surface area contributed by atoms with Crippen molar-refractivity contribution in [3.63, 3.8) is 0 Å². The molecule has 2 atom stereocenters.